The molecule has 2 unspecified atom stereocenters. The van der Waals surface area contributed by atoms with E-state index in [1.807, 2.05) is 0 Å². The number of carbonyl (C=O) groups is 1. The van der Waals surface area contributed by atoms with Crippen LogP contribution in [-0.4, -0.2) is 54.0 Å². The summed E-state index contributed by atoms with van der Waals surface area (Å²) >= 11 is 0. The SMILES string of the molecule is CN1CCN(C(=O)C2CCC(N)C2)C2(CCCCC2)C1. The maximum absolute atomic E-state index is 13.0. The van der Waals surface area contributed by atoms with Crippen molar-refractivity contribution in [1.82, 2.24) is 9.80 Å². The molecule has 1 spiro atoms. The summed E-state index contributed by atoms with van der Waals surface area (Å²) in [5, 5.41) is 0. The van der Waals surface area contributed by atoms with Gasteiger partial charge in [0.1, 0.15) is 0 Å². The van der Waals surface area contributed by atoms with E-state index in [0.29, 0.717) is 5.91 Å². The van der Waals surface area contributed by atoms with E-state index in [1.165, 1.54) is 32.1 Å². The molecule has 114 valence electrons. The van der Waals surface area contributed by atoms with Gasteiger partial charge in [-0.1, -0.05) is 19.3 Å². The van der Waals surface area contributed by atoms with Gasteiger partial charge in [-0.05, 0) is 39.2 Å². The average Bonchev–Trinajstić information content (AvgIpc) is 2.86. The summed E-state index contributed by atoms with van der Waals surface area (Å²) in [6.45, 7) is 3.00. The predicted octanol–water partition coefficient (Wildman–Crippen LogP) is 1.59. The Morgan fingerprint density at radius 1 is 1.15 bits per heavy atom. The standard InChI is InChI=1S/C16H29N3O/c1-18-9-10-19(15(20)13-5-6-14(17)11-13)16(12-18)7-3-2-4-8-16/h13-14H,2-12,17H2,1H3. The van der Waals surface area contributed by atoms with E-state index < -0.39 is 0 Å². The van der Waals surface area contributed by atoms with E-state index in [2.05, 4.69) is 16.8 Å². The molecule has 0 aromatic rings. The molecule has 1 amide bonds. The fourth-order valence-corrected chi connectivity index (χ4v) is 4.62. The Morgan fingerprint density at radius 3 is 2.55 bits per heavy atom. The van der Waals surface area contributed by atoms with E-state index in [9.17, 15) is 4.79 Å². The molecule has 2 atom stereocenters. The molecule has 0 radical (unpaired) electrons. The van der Waals surface area contributed by atoms with Gasteiger partial charge >= 0.3 is 0 Å². The molecule has 0 bridgehead atoms. The zero-order valence-corrected chi connectivity index (χ0v) is 12.8. The van der Waals surface area contributed by atoms with Crippen LogP contribution >= 0.6 is 0 Å². The Hall–Kier alpha value is -0.610. The van der Waals surface area contributed by atoms with Gasteiger partial charge < -0.3 is 15.5 Å². The highest BCUT2D eigenvalue weighted by atomic mass is 16.2. The maximum Gasteiger partial charge on any atom is 0.226 e. The minimum atomic E-state index is 0.134. The minimum absolute atomic E-state index is 0.134. The van der Waals surface area contributed by atoms with Crippen LogP contribution in [0.4, 0.5) is 0 Å². The molecule has 2 saturated carbocycles. The van der Waals surface area contributed by atoms with Crippen molar-refractivity contribution in [3.63, 3.8) is 0 Å². The van der Waals surface area contributed by atoms with Crippen molar-refractivity contribution in [2.75, 3.05) is 26.7 Å². The third-order valence-electron chi connectivity index (χ3n) is 5.71. The van der Waals surface area contributed by atoms with Crippen LogP contribution in [0.1, 0.15) is 51.4 Å². The van der Waals surface area contributed by atoms with Crippen molar-refractivity contribution in [3.05, 3.63) is 0 Å². The van der Waals surface area contributed by atoms with Crippen LogP contribution in [0.15, 0.2) is 0 Å². The molecule has 3 aliphatic rings. The number of rotatable bonds is 1. The van der Waals surface area contributed by atoms with Gasteiger partial charge in [0.25, 0.3) is 0 Å². The molecule has 1 saturated heterocycles. The number of amides is 1. The number of nitrogens with two attached hydrogens (primary N) is 1. The van der Waals surface area contributed by atoms with E-state index in [1.54, 1.807) is 0 Å². The van der Waals surface area contributed by atoms with Crippen molar-refractivity contribution in [2.45, 2.75) is 62.9 Å². The average molecular weight is 279 g/mol. The van der Waals surface area contributed by atoms with Crippen LogP contribution in [0.25, 0.3) is 0 Å². The first-order chi connectivity index (χ1) is 9.61. The second kappa shape index (κ2) is 5.64. The highest BCUT2D eigenvalue weighted by molar-refractivity contribution is 5.80. The molecule has 4 nitrogen and oxygen atoms in total. The number of hydrogen-bond donors (Lipinski definition) is 1. The Labute approximate surface area is 122 Å². The molecular formula is C16H29N3O. The second-order valence-electron chi connectivity index (χ2n) is 7.28. The van der Waals surface area contributed by atoms with E-state index in [4.69, 9.17) is 5.73 Å². The lowest BCUT2D eigenvalue weighted by Crippen LogP contribution is -2.64. The van der Waals surface area contributed by atoms with Gasteiger partial charge in [0.05, 0.1) is 5.54 Å². The fourth-order valence-electron chi connectivity index (χ4n) is 4.62. The summed E-state index contributed by atoms with van der Waals surface area (Å²) in [5.74, 6) is 0.611. The van der Waals surface area contributed by atoms with Crippen LogP contribution in [0.5, 0.6) is 0 Å². The van der Waals surface area contributed by atoms with Crippen LogP contribution in [0, 0.1) is 5.92 Å². The first-order valence-corrected chi connectivity index (χ1v) is 8.36. The van der Waals surface area contributed by atoms with Gasteiger partial charge in [0, 0.05) is 31.6 Å². The van der Waals surface area contributed by atoms with Crippen LogP contribution in [-0.2, 0) is 4.79 Å². The summed E-state index contributed by atoms with van der Waals surface area (Å²) in [7, 11) is 2.20. The van der Waals surface area contributed by atoms with Crippen molar-refractivity contribution in [3.8, 4) is 0 Å². The molecule has 2 N–H and O–H groups in total. The third-order valence-corrected chi connectivity index (χ3v) is 5.71. The highest BCUT2D eigenvalue weighted by Gasteiger charge is 2.45. The maximum atomic E-state index is 13.0. The summed E-state index contributed by atoms with van der Waals surface area (Å²) in [6, 6.07) is 0.249. The van der Waals surface area contributed by atoms with Crippen molar-refractivity contribution in [1.29, 1.82) is 0 Å². The van der Waals surface area contributed by atoms with Gasteiger partial charge in [-0.2, -0.15) is 0 Å². The largest absolute Gasteiger partial charge is 0.334 e. The zero-order valence-electron chi connectivity index (χ0n) is 12.8. The quantitative estimate of drug-likeness (QED) is 0.793. The lowest BCUT2D eigenvalue weighted by atomic mass is 9.78. The van der Waals surface area contributed by atoms with Crippen molar-refractivity contribution >= 4 is 5.91 Å². The predicted molar refractivity (Wildman–Crippen MR) is 80.3 cm³/mol. The number of piperazine rings is 1. The smallest absolute Gasteiger partial charge is 0.226 e. The lowest BCUT2D eigenvalue weighted by molar-refractivity contribution is -0.148. The topological polar surface area (TPSA) is 49.6 Å². The van der Waals surface area contributed by atoms with E-state index in [-0.39, 0.29) is 17.5 Å². The van der Waals surface area contributed by atoms with Gasteiger partial charge in [-0.3, -0.25) is 4.79 Å². The lowest BCUT2D eigenvalue weighted by Gasteiger charge is -2.53. The number of likely N-dealkylation sites (N-methyl/N-ethyl adjacent to an activating group) is 1. The summed E-state index contributed by atoms with van der Waals surface area (Å²) in [4.78, 5) is 17.7. The second-order valence-corrected chi connectivity index (χ2v) is 7.28. The molecule has 1 heterocycles. The van der Waals surface area contributed by atoms with E-state index in [0.717, 1.165) is 38.9 Å². The molecule has 20 heavy (non-hydrogen) atoms. The Kier molecular flexibility index (Phi) is 4.04. The van der Waals surface area contributed by atoms with Gasteiger partial charge in [0.2, 0.25) is 5.91 Å². The summed E-state index contributed by atoms with van der Waals surface area (Å²) < 4.78 is 0. The molecule has 3 rings (SSSR count). The summed E-state index contributed by atoms with van der Waals surface area (Å²) in [6.07, 6.45) is 9.22. The van der Waals surface area contributed by atoms with Gasteiger partial charge in [0.15, 0.2) is 0 Å². The van der Waals surface area contributed by atoms with E-state index >= 15 is 0 Å². The Bertz CT molecular complexity index is 365. The van der Waals surface area contributed by atoms with Crippen molar-refractivity contribution in [2.24, 2.45) is 11.7 Å². The Balaban J connectivity index is 1.76. The fraction of sp³-hybridized carbons (Fsp3) is 0.938. The Morgan fingerprint density at radius 2 is 1.90 bits per heavy atom. The van der Waals surface area contributed by atoms with Crippen LogP contribution in [0.2, 0.25) is 0 Å². The first kappa shape index (κ1) is 14.3. The highest BCUT2D eigenvalue weighted by Crippen LogP contribution is 2.38. The van der Waals surface area contributed by atoms with Crippen molar-refractivity contribution < 1.29 is 4.79 Å². The monoisotopic (exact) mass is 279 g/mol. The minimum Gasteiger partial charge on any atom is -0.334 e. The molecule has 4 heteroatoms. The number of hydrogen-bond acceptors (Lipinski definition) is 3. The third kappa shape index (κ3) is 2.60. The zero-order chi connectivity index (χ0) is 14.2. The number of carbonyl (C=O) groups excluding carboxylic acids is 1. The molecule has 0 aromatic heterocycles. The number of nitrogens with zero attached hydrogens (tertiary/aromatic N) is 2. The first-order valence-electron chi connectivity index (χ1n) is 8.36. The molecule has 0 aromatic carbocycles. The summed E-state index contributed by atoms with van der Waals surface area (Å²) in [5.41, 5.74) is 6.14. The van der Waals surface area contributed by atoms with Gasteiger partial charge in [-0.25, -0.2) is 0 Å². The molecule has 1 aliphatic heterocycles. The normalized spacial score (nSPS) is 34.6. The molecule has 2 aliphatic carbocycles. The van der Waals surface area contributed by atoms with Gasteiger partial charge in [-0.15, -0.1) is 0 Å². The molecular weight excluding hydrogens is 250 g/mol. The van der Waals surface area contributed by atoms with Crippen LogP contribution < -0.4 is 5.73 Å². The van der Waals surface area contributed by atoms with Crippen LogP contribution in [0.3, 0.4) is 0 Å². The molecule has 3 fully saturated rings.